The lowest BCUT2D eigenvalue weighted by molar-refractivity contribution is 0.0938. The lowest BCUT2D eigenvalue weighted by Crippen LogP contribution is -2.11. The molecule has 0 saturated carbocycles. The molecule has 0 amide bonds. The Kier molecular flexibility index (Phi) is 4.50. The lowest BCUT2D eigenvalue weighted by atomic mass is 9.89. The SMILES string of the molecule is Cc1c(CC(C)C)ccc(C(=O)C(C)C)c1C. The highest BCUT2D eigenvalue weighted by Crippen LogP contribution is 2.22. The van der Waals surface area contributed by atoms with Crippen molar-refractivity contribution in [3.63, 3.8) is 0 Å². The number of hydrogen-bond donors (Lipinski definition) is 0. The fourth-order valence-electron chi connectivity index (χ4n) is 2.12. The summed E-state index contributed by atoms with van der Waals surface area (Å²) < 4.78 is 0. The number of carbonyl (C=O) groups is 1. The van der Waals surface area contributed by atoms with Crippen molar-refractivity contribution in [2.45, 2.75) is 48.0 Å². The van der Waals surface area contributed by atoms with Crippen LogP contribution in [0.3, 0.4) is 0 Å². The Morgan fingerprint density at radius 3 is 2.12 bits per heavy atom. The zero-order valence-electron chi connectivity index (χ0n) is 11.9. The van der Waals surface area contributed by atoms with Gasteiger partial charge in [0.15, 0.2) is 5.78 Å². The third-order valence-electron chi connectivity index (χ3n) is 3.32. The van der Waals surface area contributed by atoms with Crippen LogP contribution in [0, 0.1) is 25.7 Å². The van der Waals surface area contributed by atoms with Crippen LogP contribution in [0.2, 0.25) is 0 Å². The van der Waals surface area contributed by atoms with Gasteiger partial charge in [-0.15, -0.1) is 0 Å². The molecule has 1 nitrogen and oxygen atoms in total. The summed E-state index contributed by atoms with van der Waals surface area (Å²) in [5.41, 5.74) is 4.70. The Labute approximate surface area is 105 Å². The van der Waals surface area contributed by atoms with Gasteiger partial charge in [0.2, 0.25) is 0 Å². The molecule has 0 aliphatic carbocycles. The number of hydrogen-bond acceptors (Lipinski definition) is 1. The van der Waals surface area contributed by atoms with E-state index in [0.717, 1.165) is 17.5 Å². The molecule has 0 radical (unpaired) electrons. The maximum atomic E-state index is 12.1. The molecule has 0 N–H and O–H groups in total. The molecule has 1 aromatic rings. The van der Waals surface area contributed by atoms with Crippen molar-refractivity contribution < 1.29 is 4.79 Å². The Morgan fingerprint density at radius 1 is 1.06 bits per heavy atom. The molecule has 0 aliphatic heterocycles. The van der Waals surface area contributed by atoms with Gasteiger partial charge >= 0.3 is 0 Å². The summed E-state index contributed by atoms with van der Waals surface area (Å²) in [4.78, 5) is 12.1. The molecule has 0 heterocycles. The molecule has 0 saturated heterocycles. The second kappa shape index (κ2) is 5.48. The van der Waals surface area contributed by atoms with Crippen molar-refractivity contribution in [2.24, 2.45) is 11.8 Å². The molecular formula is C16H24O. The monoisotopic (exact) mass is 232 g/mol. The number of carbonyl (C=O) groups excluding carboxylic acids is 1. The van der Waals surface area contributed by atoms with Crippen molar-refractivity contribution in [3.8, 4) is 0 Å². The predicted octanol–water partition coefficient (Wildman–Crippen LogP) is 4.34. The first-order chi connectivity index (χ1) is 7.84. The van der Waals surface area contributed by atoms with Crippen molar-refractivity contribution >= 4 is 5.78 Å². The quantitative estimate of drug-likeness (QED) is 0.706. The number of benzene rings is 1. The standard InChI is InChI=1S/C16H24O/c1-10(2)9-14-7-8-15(13(6)12(14)5)16(17)11(3)4/h7-8,10-11H,9H2,1-6H3. The molecule has 0 unspecified atom stereocenters. The molecule has 17 heavy (non-hydrogen) atoms. The summed E-state index contributed by atoms with van der Waals surface area (Å²) >= 11 is 0. The molecule has 0 spiro atoms. The summed E-state index contributed by atoms with van der Waals surface area (Å²) in [5.74, 6) is 0.977. The number of rotatable bonds is 4. The van der Waals surface area contributed by atoms with Gasteiger partial charge in [0.05, 0.1) is 0 Å². The highest BCUT2D eigenvalue weighted by atomic mass is 16.1. The van der Waals surface area contributed by atoms with E-state index in [0.29, 0.717) is 5.92 Å². The van der Waals surface area contributed by atoms with Crippen LogP contribution in [0.5, 0.6) is 0 Å². The summed E-state index contributed by atoms with van der Waals surface area (Å²) in [6.07, 6.45) is 1.09. The van der Waals surface area contributed by atoms with E-state index >= 15 is 0 Å². The zero-order valence-corrected chi connectivity index (χ0v) is 11.9. The highest BCUT2D eigenvalue weighted by Gasteiger charge is 2.15. The fraction of sp³-hybridized carbons (Fsp3) is 0.562. The van der Waals surface area contributed by atoms with Gasteiger partial charge in [0.1, 0.15) is 0 Å². The molecule has 0 fully saturated rings. The van der Waals surface area contributed by atoms with E-state index in [4.69, 9.17) is 0 Å². The second-order valence-corrected chi connectivity index (χ2v) is 5.64. The third-order valence-corrected chi connectivity index (χ3v) is 3.32. The molecule has 1 aromatic carbocycles. The number of Topliss-reactive ketones (excluding diaryl/α,β-unsaturated/α-hetero) is 1. The zero-order chi connectivity index (χ0) is 13.2. The van der Waals surface area contributed by atoms with Crippen LogP contribution in [0.25, 0.3) is 0 Å². The van der Waals surface area contributed by atoms with Crippen molar-refractivity contribution in [1.29, 1.82) is 0 Å². The smallest absolute Gasteiger partial charge is 0.165 e. The predicted molar refractivity (Wildman–Crippen MR) is 73.6 cm³/mol. The summed E-state index contributed by atoms with van der Waals surface area (Å²) in [6.45, 7) is 12.6. The van der Waals surface area contributed by atoms with Crippen LogP contribution in [0.15, 0.2) is 12.1 Å². The number of ketones is 1. The van der Waals surface area contributed by atoms with Crippen LogP contribution in [-0.4, -0.2) is 5.78 Å². The van der Waals surface area contributed by atoms with Crippen molar-refractivity contribution in [1.82, 2.24) is 0 Å². The van der Waals surface area contributed by atoms with E-state index in [9.17, 15) is 4.79 Å². The normalized spacial score (nSPS) is 11.3. The fourth-order valence-corrected chi connectivity index (χ4v) is 2.12. The highest BCUT2D eigenvalue weighted by molar-refractivity contribution is 5.99. The second-order valence-electron chi connectivity index (χ2n) is 5.64. The Balaban J connectivity index is 3.15. The van der Waals surface area contributed by atoms with Gasteiger partial charge in [0.25, 0.3) is 0 Å². The van der Waals surface area contributed by atoms with Crippen LogP contribution in [0.1, 0.15) is 54.7 Å². The van der Waals surface area contributed by atoms with Gasteiger partial charge in [-0.2, -0.15) is 0 Å². The minimum Gasteiger partial charge on any atom is -0.294 e. The van der Waals surface area contributed by atoms with E-state index in [1.54, 1.807) is 0 Å². The molecule has 1 heteroatoms. The molecule has 0 aromatic heterocycles. The minimum atomic E-state index is 0.0732. The molecule has 0 aliphatic rings. The van der Waals surface area contributed by atoms with Gasteiger partial charge < -0.3 is 0 Å². The van der Waals surface area contributed by atoms with Crippen LogP contribution >= 0.6 is 0 Å². The summed E-state index contributed by atoms with van der Waals surface area (Å²) in [7, 11) is 0. The Bertz CT molecular complexity index is 414. The maximum absolute atomic E-state index is 12.1. The van der Waals surface area contributed by atoms with Gasteiger partial charge in [-0.3, -0.25) is 4.79 Å². The summed E-state index contributed by atoms with van der Waals surface area (Å²) in [5, 5.41) is 0. The van der Waals surface area contributed by atoms with Crippen molar-refractivity contribution in [2.75, 3.05) is 0 Å². The van der Waals surface area contributed by atoms with Gasteiger partial charge in [-0.25, -0.2) is 0 Å². The molecule has 0 atom stereocenters. The van der Waals surface area contributed by atoms with E-state index in [2.05, 4.69) is 33.8 Å². The molecule has 1 rings (SSSR count). The third kappa shape index (κ3) is 3.18. The molecule has 0 bridgehead atoms. The van der Waals surface area contributed by atoms with E-state index in [-0.39, 0.29) is 11.7 Å². The van der Waals surface area contributed by atoms with Crippen LogP contribution < -0.4 is 0 Å². The topological polar surface area (TPSA) is 17.1 Å². The van der Waals surface area contributed by atoms with Crippen LogP contribution in [0.4, 0.5) is 0 Å². The maximum Gasteiger partial charge on any atom is 0.165 e. The minimum absolute atomic E-state index is 0.0732. The molecule has 94 valence electrons. The largest absolute Gasteiger partial charge is 0.294 e. The van der Waals surface area contributed by atoms with Gasteiger partial charge in [0, 0.05) is 11.5 Å². The first kappa shape index (κ1) is 14.0. The lowest BCUT2D eigenvalue weighted by Gasteiger charge is -2.15. The molecular weight excluding hydrogens is 208 g/mol. The Morgan fingerprint density at radius 2 is 1.65 bits per heavy atom. The Hall–Kier alpha value is -1.11. The summed E-state index contributed by atoms with van der Waals surface area (Å²) in [6, 6.07) is 4.13. The first-order valence-corrected chi connectivity index (χ1v) is 6.47. The average molecular weight is 232 g/mol. The van der Waals surface area contributed by atoms with E-state index in [1.165, 1.54) is 11.1 Å². The van der Waals surface area contributed by atoms with E-state index in [1.807, 2.05) is 19.9 Å². The van der Waals surface area contributed by atoms with E-state index < -0.39 is 0 Å². The van der Waals surface area contributed by atoms with Crippen LogP contribution in [-0.2, 0) is 6.42 Å². The van der Waals surface area contributed by atoms with Gasteiger partial charge in [-0.05, 0) is 42.9 Å². The first-order valence-electron chi connectivity index (χ1n) is 6.47. The van der Waals surface area contributed by atoms with Crippen molar-refractivity contribution in [3.05, 3.63) is 34.4 Å². The average Bonchev–Trinajstić information content (AvgIpc) is 2.23. The van der Waals surface area contributed by atoms with Gasteiger partial charge in [-0.1, -0.05) is 39.8 Å².